The quantitative estimate of drug-likeness (QED) is 0.218. The summed E-state index contributed by atoms with van der Waals surface area (Å²) in [6.45, 7) is 4.13. The van der Waals surface area contributed by atoms with Crippen molar-refractivity contribution in [3.05, 3.63) is 184 Å². The largest absolute Gasteiger partial charge is 0.456 e. The molecule has 0 unspecified atom stereocenters. The van der Waals surface area contributed by atoms with Gasteiger partial charge in [0.2, 0.25) is 0 Å². The summed E-state index contributed by atoms with van der Waals surface area (Å²) in [7, 11) is 0. The summed E-state index contributed by atoms with van der Waals surface area (Å²) in [6, 6.07) is 50.8. The molecular formula is C40H29BN2O. The van der Waals surface area contributed by atoms with Crippen LogP contribution in [0, 0.1) is 13.8 Å². The minimum absolute atomic E-state index is 0.136. The van der Waals surface area contributed by atoms with Gasteiger partial charge in [0.1, 0.15) is 10.8 Å². The van der Waals surface area contributed by atoms with Crippen molar-refractivity contribution in [2.75, 3.05) is 0 Å². The number of aromatic nitrogens is 2. The van der Waals surface area contributed by atoms with Gasteiger partial charge in [-0.1, -0.05) is 114 Å². The highest BCUT2D eigenvalue weighted by atomic mass is 16.3. The fraction of sp³-hybridized carbons (Fsp3) is 0.0500. The number of hydrogen-bond acceptors (Lipinski definition) is 1. The third-order valence-electron chi connectivity index (χ3n) is 9.19. The molecule has 0 amide bonds. The summed E-state index contributed by atoms with van der Waals surface area (Å²) in [5.74, 6) is 0. The van der Waals surface area contributed by atoms with Gasteiger partial charge in [-0.05, 0) is 66.8 Å². The molecule has 0 fully saturated rings. The standard InChI is InChI=1S/C40H29BN2O/c1-26-12-16-28(17-13-26)39-35-22-20-33-31-10-6-7-11-32(31)34-21-23-36(43(34)41(42(33)35)30-8-4-3-5-9-30)40(38-25-24-37(39)44-38)29-18-14-27(2)15-19-29/h3-25H,1-2H3/b39-35?,39-37+,40-36?,40-38?. The van der Waals surface area contributed by atoms with Gasteiger partial charge in [-0.15, -0.1) is 0 Å². The van der Waals surface area contributed by atoms with E-state index in [0.717, 1.165) is 44.5 Å². The Morgan fingerprint density at radius 3 is 1.34 bits per heavy atom. The molecule has 0 N–H and O–H groups in total. The molecule has 44 heavy (non-hydrogen) atoms. The van der Waals surface area contributed by atoms with Gasteiger partial charge in [0.05, 0.1) is 0 Å². The van der Waals surface area contributed by atoms with Gasteiger partial charge in [-0.25, -0.2) is 0 Å². The number of fused-ring (bicyclic) bond motifs is 5. The summed E-state index contributed by atoms with van der Waals surface area (Å²) in [5, 5.41) is 0. The van der Waals surface area contributed by atoms with E-state index in [9.17, 15) is 0 Å². The summed E-state index contributed by atoms with van der Waals surface area (Å²) in [4.78, 5) is 0. The van der Waals surface area contributed by atoms with Crippen LogP contribution in [-0.2, 0) is 0 Å². The number of nitrogens with zero attached hydrogens (tertiary/aromatic N) is 2. The van der Waals surface area contributed by atoms with Crippen LogP contribution in [0.3, 0.4) is 0 Å². The van der Waals surface area contributed by atoms with Crippen molar-refractivity contribution >= 4 is 23.6 Å². The van der Waals surface area contributed by atoms with Crippen LogP contribution in [0.25, 0.3) is 33.7 Å². The minimum Gasteiger partial charge on any atom is -0.456 e. The van der Waals surface area contributed by atoms with Gasteiger partial charge in [-0.2, -0.15) is 0 Å². The lowest BCUT2D eigenvalue weighted by Crippen LogP contribution is -2.47. The molecule has 7 aromatic rings. The van der Waals surface area contributed by atoms with Crippen LogP contribution < -0.4 is 16.3 Å². The topological polar surface area (TPSA) is 23.0 Å². The average molecular weight is 564 g/mol. The van der Waals surface area contributed by atoms with Crippen molar-refractivity contribution in [1.29, 1.82) is 0 Å². The molecular weight excluding hydrogens is 535 g/mol. The molecule has 9 rings (SSSR count). The first-order chi connectivity index (χ1) is 21.7. The Morgan fingerprint density at radius 1 is 0.432 bits per heavy atom. The summed E-state index contributed by atoms with van der Waals surface area (Å²) < 4.78 is 12.0. The second kappa shape index (κ2) is 9.52. The van der Waals surface area contributed by atoms with E-state index in [1.807, 2.05) is 0 Å². The van der Waals surface area contributed by atoms with Crippen LogP contribution in [-0.4, -0.2) is 15.9 Å². The van der Waals surface area contributed by atoms with Crippen LogP contribution in [0.4, 0.5) is 0 Å². The SMILES string of the molecule is Cc1ccc(C2=c3cc/c(o3)=C(/c3ccc(C)cc3)c3ccc4n3B(c3ccccc3)n3c2ccc3-c2ccccc2-4)cc1. The van der Waals surface area contributed by atoms with Crippen LogP contribution in [0.5, 0.6) is 0 Å². The van der Waals surface area contributed by atoms with Gasteiger partial charge in [-0.3, -0.25) is 0 Å². The van der Waals surface area contributed by atoms with E-state index in [2.05, 4.69) is 162 Å². The molecule has 0 radical (unpaired) electrons. The van der Waals surface area contributed by atoms with Gasteiger partial charge in [0, 0.05) is 45.0 Å². The van der Waals surface area contributed by atoms with Crippen molar-refractivity contribution < 1.29 is 4.42 Å². The second-order valence-corrected chi connectivity index (χ2v) is 11.9. The maximum Gasteiger partial charge on any atom is 0.420 e. The molecule has 0 aliphatic carbocycles. The molecule has 0 spiro atoms. The van der Waals surface area contributed by atoms with Crippen LogP contribution in [0.2, 0.25) is 0 Å². The zero-order chi connectivity index (χ0) is 29.4. The predicted molar refractivity (Wildman–Crippen MR) is 179 cm³/mol. The van der Waals surface area contributed by atoms with Gasteiger partial charge in [0.25, 0.3) is 0 Å². The smallest absolute Gasteiger partial charge is 0.420 e. The van der Waals surface area contributed by atoms with E-state index < -0.39 is 0 Å². The summed E-state index contributed by atoms with van der Waals surface area (Å²) in [5.41, 5.74) is 16.9. The Kier molecular flexibility index (Phi) is 5.42. The Labute approximate surface area is 256 Å². The van der Waals surface area contributed by atoms with E-state index in [-0.39, 0.29) is 6.98 Å². The lowest BCUT2D eigenvalue weighted by Gasteiger charge is -2.26. The number of rotatable bonds is 3. The number of furan rings is 1. The Morgan fingerprint density at radius 2 is 0.864 bits per heavy atom. The highest BCUT2D eigenvalue weighted by Crippen LogP contribution is 2.41. The number of hydrogen-bond donors (Lipinski definition) is 0. The Balaban J connectivity index is 1.53. The van der Waals surface area contributed by atoms with E-state index in [1.54, 1.807) is 0 Å². The highest BCUT2D eigenvalue weighted by Gasteiger charge is 2.37. The van der Waals surface area contributed by atoms with Crippen molar-refractivity contribution in [2.45, 2.75) is 13.8 Å². The van der Waals surface area contributed by atoms with Crippen molar-refractivity contribution in [3.63, 3.8) is 0 Å². The molecule has 0 saturated carbocycles. The van der Waals surface area contributed by atoms with Crippen LogP contribution in [0.1, 0.15) is 33.6 Å². The Bertz CT molecular complexity index is 2190. The van der Waals surface area contributed by atoms with Gasteiger partial charge in [0.15, 0.2) is 0 Å². The zero-order valence-electron chi connectivity index (χ0n) is 24.7. The first-order valence-electron chi connectivity index (χ1n) is 15.2. The fourth-order valence-corrected chi connectivity index (χ4v) is 7.12. The van der Waals surface area contributed by atoms with Crippen LogP contribution in [0.15, 0.2) is 144 Å². The first kappa shape index (κ1) is 25.1. The second-order valence-electron chi connectivity index (χ2n) is 11.9. The molecule has 4 heteroatoms. The molecule has 3 aromatic heterocycles. The minimum atomic E-state index is -0.136. The van der Waals surface area contributed by atoms with E-state index in [4.69, 9.17) is 4.42 Å². The third kappa shape index (κ3) is 3.64. The monoisotopic (exact) mass is 564 g/mol. The normalized spacial score (nSPS) is 14.3. The molecule has 2 aliphatic heterocycles. The number of aryl methyl sites for hydroxylation is 2. The molecule has 2 aliphatic rings. The highest BCUT2D eigenvalue weighted by molar-refractivity contribution is 6.72. The third-order valence-corrected chi connectivity index (χ3v) is 9.19. The summed E-state index contributed by atoms with van der Waals surface area (Å²) in [6.07, 6.45) is 0. The molecule has 208 valence electrons. The molecule has 5 heterocycles. The average Bonchev–Trinajstić information content (AvgIpc) is 3.79. The van der Waals surface area contributed by atoms with E-state index >= 15 is 0 Å². The lowest BCUT2D eigenvalue weighted by molar-refractivity contribution is 0.497. The lowest BCUT2D eigenvalue weighted by atomic mass is 9.65. The van der Waals surface area contributed by atoms with Crippen molar-refractivity contribution in [1.82, 2.24) is 8.96 Å². The molecule has 4 bridgehead atoms. The molecule has 4 aromatic carbocycles. The van der Waals surface area contributed by atoms with Gasteiger partial charge < -0.3 is 13.4 Å². The molecule has 0 atom stereocenters. The van der Waals surface area contributed by atoms with Crippen molar-refractivity contribution in [2.24, 2.45) is 0 Å². The van der Waals surface area contributed by atoms with Crippen molar-refractivity contribution in [3.8, 4) is 22.5 Å². The maximum atomic E-state index is 6.92. The fourth-order valence-electron chi connectivity index (χ4n) is 7.12. The zero-order valence-corrected chi connectivity index (χ0v) is 24.7. The van der Waals surface area contributed by atoms with Gasteiger partial charge >= 0.3 is 6.98 Å². The molecule has 0 saturated heterocycles. The Hall–Kier alpha value is -5.48. The summed E-state index contributed by atoms with van der Waals surface area (Å²) >= 11 is 0. The van der Waals surface area contributed by atoms with E-state index in [1.165, 1.54) is 39.1 Å². The molecule has 3 nitrogen and oxygen atoms in total. The first-order valence-corrected chi connectivity index (χ1v) is 15.2. The van der Waals surface area contributed by atoms with E-state index in [0.29, 0.717) is 0 Å². The number of benzene rings is 4. The van der Waals surface area contributed by atoms with Crippen LogP contribution >= 0.6 is 0 Å². The predicted octanol–water partition coefficient (Wildman–Crippen LogP) is 6.75. The maximum absolute atomic E-state index is 6.92.